The van der Waals surface area contributed by atoms with Crippen molar-refractivity contribution in [3.05, 3.63) is 0 Å². The summed E-state index contributed by atoms with van der Waals surface area (Å²) in [6.45, 7) is 8.70. The first-order chi connectivity index (χ1) is 8.31. The van der Waals surface area contributed by atoms with Crippen molar-refractivity contribution in [2.24, 2.45) is 5.92 Å². The summed E-state index contributed by atoms with van der Waals surface area (Å²) in [5.74, 6) is 0.691. The van der Waals surface area contributed by atoms with Crippen molar-refractivity contribution in [1.82, 2.24) is 0 Å². The van der Waals surface area contributed by atoms with Gasteiger partial charge in [-0.05, 0) is 18.8 Å². The maximum Gasteiger partial charge on any atom is 0.147 e. The van der Waals surface area contributed by atoms with E-state index in [0.29, 0.717) is 18.8 Å². The third-order valence-electron chi connectivity index (χ3n) is 3.44. The summed E-state index contributed by atoms with van der Waals surface area (Å²) in [6, 6.07) is 0. The zero-order chi connectivity index (χ0) is 12.5. The van der Waals surface area contributed by atoms with Crippen molar-refractivity contribution in [2.45, 2.75) is 65.1 Å². The zero-order valence-electron chi connectivity index (χ0n) is 11.6. The van der Waals surface area contributed by atoms with E-state index in [1.165, 1.54) is 25.7 Å². The molecule has 1 aliphatic heterocycles. The Labute approximate surface area is 106 Å². The summed E-state index contributed by atoms with van der Waals surface area (Å²) < 4.78 is 16.5. The van der Waals surface area contributed by atoms with Crippen LogP contribution in [0.5, 0.6) is 0 Å². The molecule has 1 aliphatic rings. The van der Waals surface area contributed by atoms with Crippen LogP contribution >= 0.6 is 0 Å². The molecule has 1 heterocycles. The third kappa shape index (κ3) is 6.39. The van der Waals surface area contributed by atoms with Gasteiger partial charge in [0.05, 0.1) is 19.3 Å². The topological polar surface area (TPSA) is 31.0 Å². The van der Waals surface area contributed by atoms with Crippen LogP contribution in [-0.4, -0.2) is 32.2 Å². The van der Waals surface area contributed by atoms with Gasteiger partial charge in [-0.1, -0.05) is 40.0 Å². The van der Waals surface area contributed by atoms with Gasteiger partial charge in [-0.2, -0.15) is 0 Å². The first-order valence-electron chi connectivity index (χ1n) is 7.12. The Bertz CT molecular complexity index is 180. The number of hydrogen-bond donors (Lipinski definition) is 0. The fourth-order valence-electron chi connectivity index (χ4n) is 2.01. The van der Waals surface area contributed by atoms with Crippen molar-refractivity contribution in [3.63, 3.8) is 0 Å². The van der Waals surface area contributed by atoms with E-state index in [1.807, 2.05) is 0 Å². The van der Waals surface area contributed by atoms with Crippen LogP contribution in [0.15, 0.2) is 0 Å². The standard InChI is InChI=1S/C14H28O3/c1-4-7-8-12(5-2)9-15-11-17-13(6-3)14-10-16-14/h12-14H,4-11H2,1-3H3. The lowest BCUT2D eigenvalue weighted by atomic mass is 10.0. The average Bonchev–Trinajstić information content (AvgIpc) is 3.17. The highest BCUT2D eigenvalue weighted by atomic mass is 16.7. The second-order valence-corrected chi connectivity index (χ2v) is 4.89. The molecule has 0 aromatic rings. The second kappa shape index (κ2) is 8.90. The first kappa shape index (κ1) is 14.9. The van der Waals surface area contributed by atoms with Crippen LogP contribution < -0.4 is 0 Å². The van der Waals surface area contributed by atoms with E-state index < -0.39 is 0 Å². The summed E-state index contributed by atoms with van der Waals surface area (Å²) in [5, 5.41) is 0. The van der Waals surface area contributed by atoms with Crippen LogP contribution in [0.25, 0.3) is 0 Å². The number of rotatable bonds is 11. The minimum absolute atomic E-state index is 0.228. The minimum atomic E-state index is 0.228. The highest BCUT2D eigenvalue weighted by molar-refractivity contribution is 4.78. The van der Waals surface area contributed by atoms with Gasteiger partial charge in [-0.3, -0.25) is 0 Å². The monoisotopic (exact) mass is 244 g/mol. The summed E-state index contributed by atoms with van der Waals surface area (Å²) in [4.78, 5) is 0. The van der Waals surface area contributed by atoms with Crippen LogP contribution in [0.1, 0.15) is 52.9 Å². The molecule has 3 heteroatoms. The predicted molar refractivity (Wildman–Crippen MR) is 69.0 cm³/mol. The van der Waals surface area contributed by atoms with Crippen molar-refractivity contribution in [1.29, 1.82) is 0 Å². The number of hydrogen-bond acceptors (Lipinski definition) is 3. The number of ether oxygens (including phenoxy) is 3. The molecule has 0 bridgehead atoms. The van der Waals surface area contributed by atoms with Gasteiger partial charge in [0.25, 0.3) is 0 Å². The lowest BCUT2D eigenvalue weighted by Gasteiger charge is -2.17. The van der Waals surface area contributed by atoms with E-state index >= 15 is 0 Å². The lowest BCUT2D eigenvalue weighted by Crippen LogP contribution is -2.21. The Balaban J connectivity index is 2.00. The predicted octanol–water partition coefficient (Wildman–Crippen LogP) is 3.37. The lowest BCUT2D eigenvalue weighted by molar-refractivity contribution is -0.105. The van der Waals surface area contributed by atoms with E-state index in [2.05, 4.69) is 20.8 Å². The molecule has 1 saturated heterocycles. The van der Waals surface area contributed by atoms with Gasteiger partial charge in [0.1, 0.15) is 12.9 Å². The Morgan fingerprint density at radius 1 is 1.24 bits per heavy atom. The molecule has 17 heavy (non-hydrogen) atoms. The maximum atomic E-state index is 5.67. The summed E-state index contributed by atoms with van der Waals surface area (Å²) in [7, 11) is 0. The van der Waals surface area contributed by atoms with E-state index in [0.717, 1.165) is 19.6 Å². The van der Waals surface area contributed by atoms with Gasteiger partial charge < -0.3 is 14.2 Å². The first-order valence-corrected chi connectivity index (χ1v) is 7.12. The Kier molecular flexibility index (Phi) is 7.82. The molecule has 102 valence electrons. The molecule has 0 aliphatic carbocycles. The Hall–Kier alpha value is -0.120. The van der Waals surface area contributed by atoms with Crippen LogP contribution in [0.3, 0.4) is 0 Å². The van der Waals surface area contributed by atoms with Crippen molar-refractivity contribution < 1.29 is 14.2 Å². The summed E-state index contributed by atoms with van der Waals surface area (Å²) in [6.07, 6.45) is 6.59. The highest BCUT2D eigenvalue weighted by Gasteiger charge is 2.32. The minimum Gasteiger partial charge on any atom is -0.370 e. The molecule has 0 N–H and O–H groups in total. The second-order valence-electron chi connectivity index (χ2n) is 4.89. The molecule has 0 radical (unpaired) electrons. The van der Waals surface area contributed by atoms with Gasteiger partial charge in [-0.25, -0.2) is 0 Å². The van der Waals surface area contributed by atoms with Crippen molar-refractivity contribution in [2.75, 3.05) is 20.0 Å². The Morgan fingerprint density at radius 2 is 2.00 bits per heavy atom. The third-order valence-corrected chi connectivity index (χ3v) is 3.44. The molecule has 0 spiro atoms. The van der Waals surface area contributed by atoms with Crippen LogP contribution in [0.4, 0.5) is 0 Å². The molecule has 3 nitrogen and oxygen atoms in total. The van der Waals surface area contributed by atoms with Crippen molar-refractivity contribution >= 4 is 0 Å². The van der Waals surface area contributed by atoms with E-state index in [1.54, 1.807) is 0 Å². The summed E-state index contributed by atoms with van der Waals surface area (Å²) in [5.41, 5.74) is 0. The van der Waals surface area contributed by atoms with E-state index in [9.17, 15) is 0 Å². The van der Waals surface area contributed by atoms with Gasteiger partial charge >= 0.3 is 0 Å². The van der Waals surface area contributed by atoms with E-state index in [4.69, 9.17) is 14.2 Å². The quantitative estimate of drug-likeness (QED) is 0.317. The summed E-state index contributed by atoms with van der Waals surface area (Å²) >= 11 is 0. The zero-order valence-corrected chi connectivity index (χ0v) is 11.6. The van der Waals surface area contributed by atoms with Crippen LogP contribution in [0, 0.1) is 5.92 Å². The maximum absolute atomic E-state index is 5.67. The highest BCUT2D eigenvalue weighted by Crippen LogP contribution is 2.19. The molecule has 0 aromatic carbocycles. The largest absolute Gasteiger partial charge is 0.370 e. The fourth-order valence-corrected chi connectivity index (χ4v) is 2.01. The van der Waals surface area contributed by atoms with Gasteiger partial charge in [0.2, 0.25) is 0 Å². The molecule has 1 rings (SSSR count). The number of unbranched alkanes of at least 4 members (excludes halogenated alkanes) is 1. The number of epoxide rings is 1. The van der Waals surface area contributed by atoms with Gasteiger partial charge in [0.15, 0.2) is 0 Å². The Morgan fingerprint density at radius 3 is 2.53 bits per heavy atom. The molecule has 1 fully saturated rings. The SMILES string of the molecule is CCCCC(CC)COCOC(CC)C1CO1. The molecule has 3 atom stereocenters. The average molecular weight is 244 g/mol. The van der Waals surface area contributed by atoms with Crippen molar-refractivity contribution in [3.8, 4) is 0 Å². The van der Waals surface area contributed by atoms with Gasteiger partial charge in [-0.15, -0.1) is 0 Å². The molecule has 0 saturated carbocycles. The fraction of sp³-hybridized carbons (Fsp3) is 1.00. The molecule has 3 unspecified atom stereocenters. The molecular weight excluding hydrogens is 216 g/mol. The molecule has 0 aromatic heterocycles. The van der Waals surface area contributed by atoms with Crippen LogP contribution in [0.2, 0.25) is 0 Å². The van der Waals surface area contributed by atoms with Crippen LogP contribution in [-0.2, 0) is 14.2 Å². The van der Waals surface area contributed by atoms with Gasteiger partial charge in [0, 0.05) is 0 Å². The van der Waals surface area contributed by atoms with E-state index in [-0.39, 0.29) is 6.10 Å². The smallest absolute Gasteiger partial charge is 0.147 e. The molecular formula is C14H28O3. The normalized spacial score (nSPS) is 22.4. The molecule has 0 amide bonds.